The van der Waals surface area contributed by atoms with Crippen molar-refractivity contribution in [3.8, 4) is 5.75 Å². The lowest BCUT2D eigenvalue weighted by Gasteiger charge is -2.28. The van der Waals surface area contributed by atoms with Gasteiger partial charge in [-0.3, -0.25) is 9.35 Å². The van der Waals surface area contributed by atoms with Crippen molar-refractivity contribution < 1.29 is 35.8 Å². The van der Waals surface area contributed by atoms with Crippen molar-refractivity contribution in [3.05, 3.63) is 161 Å². The zero-order valence-corrected chi connectivity index (χ0v) is 38.7. The summed E-state index contributed by atoms with van der Waals surface area (Å²) >= 11 is -1.84. The Morgan fingerprint density at radius 2 is 1.47 bits per heavy atom. The summed E-state index contributed by atoms with van der Waals surface area (Å²) in [4.78, 5) is 14.0. The minimum absolute atomic E-state index is 0.241. The topological polar surface area (TPSA) is 124 Å². The quantitative estimate of drug-likeness (QED) is 0.0330. The Bertz CT molecular complexity index is 2920. The molecule has 0 saturated carbocycles. The molecule has 0 spiro atoms. The molecule has 332 valence electrons. The van der Waals surface area contributed by atoms with Gasteiger partial charge in [0.25, 0.3) is 10.1 Å². The summed E-state index contributed by atoms with van der Waals surface area (Å²) in [6.07, 6.45) is 14.4. The lowest BCUT2D eigenvalue weighted by molar-refractivity contribution is -0.438. The SMILES string of the molecule is CC1(C)C(/C=C/C2=C(Oc3ccc(C=O)cc3)C(=C/C=C3/N(CCCCS(=O)O)c4ccc5ccccc5c4C3(C)C)/CCC2)=[N+](CCCCS(=O)(=O)O)c2ccc3ccccc3c21. The summed E-state index contributed by atoms with van der Waals surface area (Å²) in [6, 6.07) is 32.8. The Hall–Kier alpha value is -5.46. The molecule has 5 aromatic rings. The predicted molar refractivity (Wildman–Crippen MR) is 260 cm³/mol. The standard InChI is InChI=1S/C53H56N2O7S2/c1-52(2)47(54(32-9-11-34-63(57)58)45-28-22-38-14-5-7-18-43(38)49(45)52)30-24-40-16-13-17-41(51(40)62-42-26-20-37(36-56)21-27-42)25-31-48-53(3,4)50-44-19-8-6-15-39(44)23-29-46(50)55(48)33-10-12-35-64(59,60)61/h5-8,14-15,18-31,36H,9-13,16-17,32-35H2,1-4H3,(H-,57,58,59,60,61)/p+1. The summed E-state index contributed by atoms with van der Waals surface area (Å²) in [5, 5.41) is 4.73. The van der Waals surface area contributed by atoms with Crippen molar-refractivity contribution in [2.75, 3.05) is 29.5 Å². The first kappa shape index (κ1) is 45.1. The maximum absolute atomic E-state index is 11.6. The molecule has 1 atom stereocenters. The number of ether oxygens (including phenoxy) is 1. The van der Waals surface area contributed by atoms with Gasteiger partial charge in [0.2, 0.25) is 5.69 Å². The van der Waals surface area contributed by atoms with Gasteiger partial charge in [-0.25, -0.2) is 4.21 Å². The van der Waals surface area contributed by atoms with Crippen LogP contribution in [0.4, 0.5) is 11.4 Å². The number of rotatable bonds is 16. The fourth-order valence-electron chi connectivity index (χ4n) is 10.0. The maximum atomic E-state index is 11.6. The molecule has 0 aromatic heterocycles. The van der Waals surface area contributed by atoms with Crippen LogP contribution < -0.4 is 9.64 Å². The van der Waals surface area contributed by atoms with Crippen LogP contribution in [0.15, 0.2) is 144 Å². The van der Waals surface area contributed by atoms with Gasteiger partial charge in [-0.05, 0) is 139 Å². The number of allylic oxidation sites excluding steroid dienone is 7. The van der Waals surface area contributed by atoms with E-state index < -0.39 is 26.6 Å². The Morgan fingerprint density at radius 1 is 0.781 bits per heavy atom. The van der Waals surface area contributed by atoms with Gasteiger partial charge in [0.05, 0.1) is 11.2 Å². The average Bonchev–Trinajstić information content (AvgIpc) is 3.63. The van der Waals surface area contributed by atoms with Gasteiger partial charge in [0, 0.05) is 58.8 Å². The minimum atomic E-state index is -4.07. The zero-order valence-electron chi connectivity index (χ0n) is 37.0. The summed E-state index contributed by atoms with van der Waals surface area (Å²) in [6.45, 7) is 10.3. The monoisotopic (exact) mass is 897 g/mol. The second kappa shape index (κ2) is 18.6. The van der Waals surface area contributed by atoms with Gasteiger partial charge in [-0.15, -0.1) is 0 Å². The van der Waals surface area contributed by atoms with Crippen molar-refractivity contribution in [3.63, 3.8) is 0 Å². The fraction of sp³-hybridized carbons (Fsp3) is 0.321. The van der Waals surface area contributed by atoms with E-state index in [1.165, 1.54) is 27.3 Å². The van der Waals surface area contributed by atoms with Gasteiger partial charge >= 0.3 is 0 Å². The van der Waals surface area contributed by atoms with Crippen molar-refractivity contribution in [2.24, 2.45) is 0 Å². The molecule has 8 rings (SSSR count). The smallest absolute Gasteiger partial charge is 0.264 e. The molecule has 5 aromatic carbocycles. The summed E-state index contributed by atoms with van der Waals surface area (Å²) < 4.78 is 63.0. The van der Waals surface area contributed by atoms with Crippen LogP contribution in [-0.2, 0) is 32.0 Å². The van der Waals surface area contributed by atoms with Crippen LogP contribution in [0.2, 0.25) is 0 Å². The molecule has 3 aliphatic rings. The number of carbonyl (C=O) groups excluding carboxylic acids is 1. The number of aldehydes is 1. The molecule has 1 aliphatic carbocycles. The number of hydrogen-bond donors (Lipinski definition) is 2. The third-order valence-electron chi connectivity index (χ3n) is 13.1. The summed E-state index contributed by atoms with van der Waals surface area (Å²) in [5.41, 5.74) is 8.87. The first-order valence-corrected chi connectivity index (χ1v) is 25.1. The molecule has 2 N–H and O–H groups in total. The highest BCUT2D eigenvalue weighted by Gasteiger charge is 2.46. The number of carbonyl (C=O) groups is 1. The number of benzene rings is 5. The van der Waals surface area contributed by atoms with E-state index in [1.807, 2.05) is 12.1 Å². The number of unbranched alkanes of at least 4 members (excludes halogenated alkanes) is 2. The fourth-order valence-corrected chi connectivity index (χ4v) is 11.1. The highest BCUT2D eigenvalue weighted by molar-refractivity contribution is 7.85. The molecule has 0 amide bonds. The van der Waals surface area contributed by atoms with Gasteiger partial charge in [0.1, 0.15) is 24.3 Å². The molecular formula is C53H57N2O7S2+. The zero-order chi connectivity index (χ0) is 45.2. The first-order valence-electron chi connectivity index (χ1n) is 22.2. The van der Waals surface area contributed by atoms with E-state index in [0.717, 1.165) is 77.0 Å². The third kappa shape index (κ3) is 9.22. The maximum Gasteiger partial charge on any atom is 0.264 e. The van der Waals surface area contributed by atoms with E-state index in [0.29, 0.717) is 43.7 Å². The molecular weight excluding hydrogens is 841 g/mol. The Balaban J connectivity index is 1.23. The Kier molecular flexibility index (Phi) is 13.1. The number of fused-ring (bicyclic) bond motifs is 6. The van der Waals surface area contributed by atoms with Crippen molar-refractivity contribution in [1.82, 2.24) is 0 Å². The summed E-state index contributed by atoms with van der Waals surface area (Å²) in [7, 11) is -4.07. The lowest BCUT2D eigenvalue weighted by atomic mass is 9.78. The number of anilines is 1. The normalized spacial score (nSPS) is 18.8. The first-order chi connectivity index (χ1) is 30.7. The highest BCUT2D eigenvalue weighted by atomic mass is 32.2. The van der Waals surface area contributed by atoms with Crippen LogP contribution in [0.1, 0.15) is 94.1 Å². The highest BCUT2D eigenvalue weighted by Crippen LogP contribution is 2.51. The van der Waals surface area contributed by atoms with Crippen molar-refractivity contribution in [1.29, 1.82) is 0 Å². The third-order valence-corrected chi connectivity index (χ3v) is 14.5. The minimum Gasteiger partial charge on any atom is -0.457 e. The van der Waals surface area contributed by atoms with E-state index in [2.05, 4.69) is 134 Å². The van der Waals surface area contributed by atoms with Gasteiger partial charge in [-0.2, -0.15) is 13.0 Å². The second-order valence-electron chi connectivity index (χ2n) is 18.1. The molecule has 1 unspecified atom stereocenters. The average molecular weight is 898 g/mol. The van der Waals surface area contributed by atoms with Crippen LogP contribution >= 0.6 is 0 Å². The van der Waals surface area contributed by atoms with Gasteiger partial charge < -0.3 is 14.2 Å². The Labute approximate surface area is 379 Å². The molecule has 64 heavy (non-hydrogen) atoms. The van der Waals surface area contributed by atoms with E-state index in [1.54, 1.807) is 12.1 Å². The van der Waals surface area contributed by atoms with Crippen LogP contribution in [0.5, 0.6) is 5.75 Å². The van der Waals surface area contributed by atoms with Crippen LogP contribution in [0.25, 0.3) is 21.5 Å². The lowest BCUT2D eigenvalue weighted by Crippen LogP contribution is -2.28. The van der Waals surface area contributed by atoms with Crippen LogP contribution in [-0.4, -0.2) is 62.9 Å². The van der Waals surface area contributed by atoms with E-state index in [9.17, 15) is 26.5 Å². The predicted octanol–water partition coefficient (Wildman–Crippen LogP) is 11.5. The molecule has 2 heterocycles. The molecule has 0 radical (unpaired) electrons. The van der Waals surface area contributed by atoms with Crippen LogP contribution in [0.3, 0.4) is 0 Å². The molecule has 0 bridgehead atoms. The van der Waals surface area contributed by atoms with Crippen LogP contribution in [0, 0.1) is 0 Å². The number of hydrogen-bond acceptors (Lipinski definition) is 6. The second-order valence-corrected chi connectivity index (χ2v) is 20.7. The molecule has 0 fully saturated rings. The van der Waals surface area contributed by atoms with Crippen molar-refractivity contribution >= 4 is 66.1 Å². The molecule has 2 aliphatic heterocycles. The molecule has 9 nitrogen and oxygen atoms in total. The summed E-state index contributed by atoms with van der Waals surface area (Å²) in [5.74, 6) is 1.36. The molecule has 0 saturated heterocycles. The number of nitrogens with zero attached hydrogens (tertiary/aromatic N) is 2. The van der Waals surface area contributed by atoms with E-state index in [4.69, 9.17) is 4.74 Å². The Morgan fingerprint density at radius 3 is 2.16 bits per heavy atom. The van der Waals surface area contributed by atoms with Crippen molar-refractivity contribution in [2.45, 2.75) is 83.5 Å². The van der Waals surface area contributed by atoms with Gasteiger partial charge in [-0.1, -0.05) is 74.5 Å². The van der Waals surface area contributed by atoms with E-state index >= 15 is 0 Å². The van der Waals surface area contributed by atoms with Gasteiger partial charge in [0.15, 0.2) is 16.8 Å². The van der Waals surface area contributed by atoms with E-state index in [-0.39, 0.29) is 16.9 Å². The largest absolute Gasteiger partial charge is 0.457 e. The molecule has 11 heteroatoms.